The van der Waals surface area contributed by atoms with Crippen LogP contribution in [0.1, 0.15) is 61.0 Å². The van der Waals surface area contributed by atoms with Crippen molar-refractivity contribution in [3.05, 3.63) is 58.0 Å². The summed E-state index contributed by atoms with van der Waals surface area (Å²) in [6.45, 7) is 2.91. The van der Waals surface area contributed by atoms with E-state index in [1.807, 2.05) is 35.8 Å². The molecule has 0 spiro atoms. The number of carbonyl (C=O) groups excluding carboxylic acids is 1. The van der Waals surface area contributed by atoms with Crippen molar-refractivity contribution < 1.29 is 4.79 Å². The van der Waals surface area contributed by atoms with Gasteiger partial charge in [0.15, 0.2) is 0 Å². The lowest BCUT2D eigenvalue weighted by atomic mass is 9.95. The minimum Gasteiger partial charge on any atom is -0.352 e. The van der Waals surface area contributed by atoms with Gasteiger partial charge in [0.25, 0.3) is 5.91 Å². The molecule has 32 heavy (non-hydrogen) atoms. The SMILES string of the molecule is CCNC(=O)c1cn(C2CCCCC2)c2nc(Nc3ccc(CCN)cc3)ncc2c1=O. The maximum atomic E-state index is 13.1. The molecule has 1 aliphatic rings. The molecule has 1 amide bonds. The smallest absolute Gasteiger partial charge is 0.256 e. The summed E-state index contributed by atoms with van der Waals surface area (Å²) in [5.41, 5.74) is 8.01. The van der Waals surface area contributed by atoms with E-state index in [4.69, 9.17) is 10.7 Å². The highest BCUT2D eigenvalue weighted by atomic mass is 16.2. The molecule has 168 valence electrons. The van der Waals surface area contributed by atoms with Crippen molar-refractivity contribution in [2.75, 3.05) is 18.4 Å². The fraction of sp³-hybridized carbons (Fsp3) is 0.417. The van der Waals surface area contributed by atoms with Gasteiger partial charge in [-0.2, -0.15) is 4.98 Å². The largest absolute Gasteiger partial charge is 0.352 e. The van der Waals surface area contributed by atoms with E-state index in [0.717, 1.165) is 37.8 Å². The summed E-state index contributed by atoms with van der Waals surface area (Å²) in [6, 6.07) is 8.17. The molecule has 0 saturated heterocycles. The summed E-state index contributed by atoms with van der Waals surface area (Å²) in [7, 11) is 0. The number of benzene rings is 1. The molecule has 4 N–H and O–H groups in total. The monoisotopic (exact) mass is 434 g/mol. The standard InChI is InChI=1S/C24H30N6O2/c1-2-26-23(32)20-15-30(18-6-4-3-5-7-18)22-19(21(20)31)14-27-24(29-22)28-17-10-8-16(9-11-17)12-13-25/h8-11,14-15,18H,2-7,12-13,25H2,1H3,(H,26,32)(H,27,28,29). The van der Waals surface area contributed by atoms with Gasteiger partial charge in [-0.1, -0.05) is 31.4 Å². The van der Waals surface area contributed by atoms with Crippen LogP contribution in [0, 0.1) is 0 Å². The van der Waals surface area contributed by atoms with Crippen LogP contribution in [-0.4, -0.2) is 33.5 Å². The van der Waals surface area contributed by atoms with Gasteiger partial charge in [-0.25, -0.2) is 4.98 Å². The van der Waals surface area contributed by atoms with E-state index in [0.29, 0.717) is 30.1 Å². The number of nitrogens with one attached hydrogen (secondary N) is 2. The number of hydrogen-bond acceptors (Lipinski definition) is 6. The van der Waals surface area contributed by atoms with E-state index >= 15 is 0 Å². The fourth-order valence-corrected chi connectivity index (χ4v) is 4.30. The van der Waals surface area contributed by atoms with E-state index in [-0.39, 0.29) is 22.9 Å². The second kappa shape index (κ2) is 9.91. The van der Waals surface area contributed by atoms with Crippen LogP contribution in [0.15, 0.2) is 41.5 Å². The van der Waals surface area contributed by atoms with Crippen LogP contribution in [0.2, 0.25) is 0 Å². The van der Waals surface area contributed by atoms with E-state index < -0.39 is 0 Å². The maximum absolute atomic E-state index is 13.1. The Morgan fingerprint density at radius 1 is 1.19 bits per heavy atom. The molecule has 1 aliphatic carbocycles. The Labute approximate surface area is 187 Å². The van der Waals surface area contributed by atoms with Gasteiger partial charge < -0.3 is 20.9 Å². The number of aromatic nitrogens is 3. The number of rotatable bonds is 7. The van der Waals surface area contributed by atoms with Crippen LogP contribution < -0.4 is 21.8 Å². The van der Waals surface area contributed by atoms with Crippen molar-refractivity contribution in [1.29, 1.82) is 0 Å². The molecular formula is C24H30N6O2. The maximum Gasteiger partial charge on any atom is 0.256 e. The number of nitrogens with zero attached hydrogens (tertiary/aromatic N) is 3. The zero-order valence-electron chi connectivity index (χ0n) is 18.4. The van der Waals surface area contributed by atoms with Crippen molar-refractivity contribution in [2.45, 2.75) is 51.5 Å². The summed E-state index contributed by atoms with van der Waals surface area (Å²) in [4.78, 5) is 34.7. The molecule has 3 aromatic rings. The van der Waals surface area contributed by atoms with Crippen molar-refractivity contribution in [3.63, 3.8) is 0 Å². The Kier molecular flexibility index (Phi) is 6.80. The van der Waals surface area contributed by atoms with Gasteiger partial charge in [0.05, 0.1) is 5.39 Å². The Bertz CT molecular complexity index is 1150. The number of amides is 1. The quantitative estimate of drug-likeness (QED) is 0.526. The summed E-state index contributed by atoms with van der Waals surface area (Å²) < 4.78 is 2.01. The van der Waals surface area contributed by atoms with E-state index in [9.17, 15) is 9.59 Å². The van der Waals surface area contributed by atoms with Gasteiger partial charge >= 0.3 is 0 Å². The predicted octanol–water partition coefficient (Wildman–Crippen LogP) is 3.29. The Balaban J connectivity index is 1.75. The lowest BCUT2D eigenvalue weighted by molar-refractivity contribution is 0.0954. The molecule has 0 atom stereocenters. The Hall–Kier alpha value is -3.26. The van der Waals surface area contributed by atoms with Gasteiger partial charge in [-0.3, -0.25) is 9.59 Å². The fourth-order valence-electron chi connectivity index (χ4n) is 4.30. The minimum atomic E-state index is -0.358. The van der Waals surface area contributed by atoms with Crippen LogP contribution in [0.5, 0.6) is 0 Å². The Morgan fingerprint density at radius 3 is 2.62 bits per heavy atom. The van der Waals surface area contributed by atoms with Crippen LogP contribution in [-0.2, 0) is 6.42 Å². The highest BCUT2D eigenvalue weighted by Crippen LogP contribution is 2.30. The van der Waals surface area contributed by atoms with Crippen molar-refractivity contribution in [2.24, 2.45) is 5.73 Å². The van der Waals surface area contributed by atoms with E-state index in [2.05, 4.69) is 15.6 Å². The lowest BCUT2D eigenvalue weighted by Gasteiger charge is -2.26. The normalized spacial score (nSPS) is 14.4. The first-order valence-corrected chi connectivity index (χ1v) is 11.4. The van der Waals surface area contributed by atoms with Crippen LogP contribution in [0.25, 0.3) is 11.0 Å². The van der Waals surface area contributed by atoms with Gasteiger partial charge in [-0.15, -0.1) is 0 Å². The van der Waals surface area contributed by atoms with E-state index in [1.165, 1.54) is 18.2 Å². The average molecular weight is 435 g/mol. The topological polar surface area (TPSA) is 115 Å². The zero-order chi connectivity index (χ0) is 22.5. The second-order valence-electron chi connectivity index (χ2n) is 8.22. The molecule has 2 heterocycles. The molecule has 8 nitrogen and oxygen atoms in total. The number of fused-ring (bicyclic) bond motifs is 1. The zero-order valence-corrected chi connectivity index (χ0v) is 18.4. The van der Waals surface area contributed by atoms with Crippen LogP contribution in [0.3, 0.4) is 0 Å². The molecule has 0 bridgehead atoms. The van der Waals surface area contributed by atoms with Gasteiger partial charge in [-0.05, 0) is 50.4 Å². The first-order chi connectivity index (χ1) is 15.6. The Morgan fingerprint density at radius 2 is 1.94 bits per heavy atom. The molecule has 0 unspecified atom stereocenters. The van der Waals surface area contributed by atoms with Crippen LogP contribution in [0.4, 0.5) is 11.6 Å². The highest BCUT2D eigenvalue weighted by Gasteiger charge is 2.22. The lowest BCUT2D eigenvalue weighted by Crippen LogP contribution is -2.30. The second-order valence-corrected chi connectivity index (χ2v) is 8.22. The molecular weight excluding hydrogens is 404 g/mol. The first kappa shape index (κ1) is 22.0. The number of anilines is 2. The first-order valence-electron chi connectivity index (χ1n) is 11.4. The number of nitrogens with two attached hydrogens (primary N) is 1. The predicted molar refractivity (Wildman–Crippen MR) is 126 cm³/mol. The van der Waals surface area contributed by atoms with Gasteiger partial charge in [0, 0.05) is 30.7 Å². The highest BCUT2D eigenvalue weighted by molar-refractivity contribution is 5.96. The average Bonchev–Trinajstić information content (AvgIpc) is 2.81. The number of carbonyl (C=O) groups is 1. The summed E-state index contributed by atoms with van der Waals surface area (Å²) in [5, 5.41) is 6.33. The molecule has 0 radical (unpaired) electrons. The third kappa shape index (κ3) is 4.65. The van der Waals surface area contributed by atoms with Gasteiger partial charge in [0.2, 0.25) is 11.4 Å². The summed E-state index contributed by atoms with van der Waals surface area (Å²) >= 11 is 0. The summed E-state index contributed by atoms with van der Waals surface area (Å²) in [5.74, 6) is 0.0579. The number of hydrogen-bond donors (Lipinski definition) is 3. The number of pyridine rings is 1. The third-order valence-corrected chi connectivity index (χ3v) is 5.96. The molecule has 8 heteroatoms. The van der Waals surface area contributed by atoms with Crippen molar-refractivity contribution >= 4 is 28.6 Å². The molecule has 0 aliphatic heterocycles. The molecule has 1 saturated carbocycles. The van der Waals surface area contributed by atoms with Crippen molar-refractivity contribution in [3.8, 4) is 0 Å². The minimum absolute atomic E-state index is 0.143. The summed E-state index contributed by atoms with van der Waals surface area (Å²) in [6.07, 6.45) is 9.50. The van der Waals surface area contributed by atoms with Crippen molar-refractivity contribution in [1.82, 2.24) is 19.9 Å². The van der Waals surface area contributed by atoms with Gasteiger partial charge in [0.1, 0.15) is 11.2 Å². The van der Waals surface area contributed by atoms with Crippen LogP contribution >= 0.6 is 0 Å². The van der Waals surface area contributed by atoms with E-state index in [1.54, 1.807) is 6.20 Å². The molecule has 1 fully saturated rings. The molecule has 2 aromatic heterocycles. The molecule has 1 aromatic carbocycles. The molecule has 4 rings (SSSR count). The third-order valence-electron chi connectivity index (χ3n) is 5.96.